The van der Waals surface area contributed by atoms with E-state index < -0.39 is 0 Å². The lowest BCUT2D eigenvalue weighted by Crippen LogP contribution is -2.29. The number of likely N-dealkylation sites (N-methyl/N-ethyl adjacent to an activating group) is 1. The van der Waals surface area contributed by atoms with Crippen LogP contribution in [0.25, 0.3) is 6.08 Å². The van der Waals surface area contributed by atoms with E-state index in [1.807, 2.05) is 36.4 Å². The molecular weight excluding hydrogens is 400 g/mol. The van der Waals surface area contributed by atoms with Gasteiger partial charge in [-0.05, 0) is 41.5 Å². The van der Waals surface area contributed by atoms with E-state index in [4.69, 9.17) is 18.9 Å². The Morgan fingerprint density at radius 2 is 1.74 bits per heavy atom. The highest BCUT2D eigenvalue weighted by atomic mass is 16.7. The number of guanidine groups is 1. The zero-order valence-corrected chi connectivity index (χ0v) is 17.0. The Morgan fingerprint density at radius 1 is 1.03 bits per heavy atom. The predicted molar refractivity (Wildman–Crippen MR) is 113 cm³/mol. The first kappa shape index (κ1) is 19.3. The van der Waals surface area contributed by atoms with Crippen molar-refractivity contribution in [3.05, 3.63) is 53.2 Å². The second-order valence-electron chi connectivity index (χ2n) is 7.23. The molecule has 0 saturated carbocycles. The van der Waals surface area contributed by atoms with Crippen molar-refractivity contribution < 1.29 is 23.7 Å². The number of hydrogen-bond donors (Lipinski definition) is 2. The van der Waals surface area contributed by atoms with Crippen molar-refractivity contribution in [2.75, 3.05) is 33.7 Å². The first-order valence-corrected chi connectivity index (χ1v) is 9.97. The highest BCUT2D eigenvalue weighted by Gasteiger charge is 2.28. The van der Waals surface area contributed by atoms with Gasteiger partial charge in [-0.2, -0.15) is 0 Å². The molecule has 1 amide bonds. The number of rotatable bonds is 6. The summed E-state index contributed by atoms with van der Waals surface area (Å²) >= 11 is 0. The monoisotopic (exact) mass is 422 g/mol. The summed E-state index contributed by atoms with van der Waals surface area (Å²) in [6, 6.07) is 11.4. The Morgan fingerprint density at radius 3 is 2.55 bits per heavy atom. The van der Waals surface area contributed by atoms with Crippen molar-refractivity contribution >= 4 is 17.9 Å². The molecule has 160 valence electrons. The molecule has 3 heterocycles. The third kappa shape index (κ3) is 3.99. The first-order chi connectivity index (χ1) is 15.2. The Kier molecular flexibility index (Phi) is 5.09. The second kappa shape index (κ2) is 8.19. The van der Waals surface area contributed by atoms with Crippen LogP contribution in [0.2, 0.25) is 0 Å². The number of nitrogens with one attached hydrogen (secondary N) is 2. The Labute approximate surface area is 179 Å². The maximum absolute atomic E-state index is 12.5. The number of hydrogen-bond acceptors (Lipinski definition) is 7. The van der Waals surface area contributed by atoms with Gasteiger partial charge in [0, 0.05) is 20.1 Å². The highest BCUT2D eigenvalue weighted by Crippen LogP contribution is 2.33. The molecule has 0 radical (unpaired) electrons. The van der Waals surface area contributed by atoms with E-state index in [0.29, 0.717) is 42.8 Å². The van der Waals surface area contributed by atoms with E-state index in [1.165, 1.54) is 4.90 Å². The lowest BCUT2D eigenvalue weighted by Gasteiger charge is -2.08. The minimum atomic E-state index is -0.135. The molecule has 2 aromatic carbocycles. The fourth-order valence-corrected chi connectivity index (χ4v) is 3.47. The zero-order chi connectivity index (χ0) is 21.2. The first-order valence-electron chi connectivity index (χ1n) is 9.97. The van der Waals surface area contributed by atoms with Crippen LogP contribution in [-0.2, 0) is 11.3 Å². The van der Waals surface area contributed by atoms with Crippen LogP contribution in [0.15, 0.2) is 47.1 Å². The maximum atomic E-state index is 12.5. The van der Waals surface area contributed by atoms with Crippen molar-refractivity contribution in [1.29, 1.82) is 0 Å². The van der Waals surface area contributed by atoms with Crippen LogP contribution in [0.4, 0.5) is 0 Å². The Balaban J connectivity index is 1.16. The molecule has 1 saturated heterocycles. The van der Waals surface area contributed by atoms with Crippen molar-refractivity contribution in [2.24, 2.45) is 4.99 Å². The van der Waals surface area contributed by atoms with E-state index in [-0.39, 0.29) is 19.5 Å². The van der Waals surface area contributed by atoms with Gasteiger partial charge in [-0.3, -0.25) is 14.7 Å². The largest absolute Gasteiger partial charge is 0.454 e. The normalized spacial score (nSPS) is 18.9. The Bertz CT molecular complexity index is 1080. The van der Waals surface area contributed by atoms with Gasteiger partial charge in [-0.1, -0.05) is 12.1 Å². The maximum Gasteiger partial charge on any atom is 0.276 e. The lowest BCUT2D eigenvalue weighted by atomic mass is 10.1. The van der Waals surface area contributed by atoms with Gasteiger partial charge < -0.3 is 29.6 Å². The van der Waals surface area contributed by atoms with Gasteiger partial charge in [-0.15, -0.1) is 0 Å². The molecule has 2 aromatic rings. The van der Waals surface area contributed by atoms with Crippen molar-refractivity contribution in [1.82, 2.24) is 15.5 Å². The van der Waals surface area contributed by atoms with E-state index in [1.54, 1.807) is 13.1 Å². The van der Waals surface area contributed by atoms with E-state index in [2.05, 4.69) is 15.6 Å². The van der Waals surface area contributed by atoms with E-state index >= 15 is 0 Å². The zero-order valence-electron chi connectivity index (χ0n) is 17.0. The summed E-state index contributed by atoms with van der Waals surface area (Å²) in [5.41, 5.74) is 2.42. The topological polar surface area (TPSA) is 93.7 Å². The summed E-state index contributed by atoms with van der Waals surface area (Å²) in [4.78, 5) is 18.6. The molecule has 3 aliphatic rings. The summed E-state index contributed by atoms with van der Waals surface area (Å²) in [6.45, 7) is 2.38. The number of benzene rings is 2. The highest BCUT2D eigenvalue weighted by molar-refractivity contribution is 6.15. The summed E-state index contributed by atoms with van der Waals surface area (Å²) < 4.78 is 21.4. The number of carbonyl (C=O) groups excluding carboxylic acids is 1. The molecule has 9 heteroatoms. The van der Waals surface area contributed by atoms with Crippen LogP contribution < -0.4 is 29.6 Å². The van der Waals surface area contributed by atoms with Gasteiger partial charge in [0.2, 0.25) is 19.5 Å². The lowest BCUT2D eigenvalue weighted by molar-refractivity contribution is -0.121. The quantitative estimate of drug-likeness (QED) is 0.541. The van der Waals surface area contributed by atoms with Crippen molar-refractivity contribution in [3.8, 4) is 23.0 Å². The standard InChI is InChI=1S/C22H22N4O5/c1-26-21(27)16(8-14-2-4-17-19(9-14)30-12-28-17)25-22(26)24-7-6-23-11-15-3-5-18-20(10-15)31-13-29-18/h2-5,8-10,23H,6-7,11-13H2,1H3,(H,24,25)/b16-8-. The van der Waals surface area contributed by atoms with Crippen LogP contribution in [0.5, 0.6) is 23.0 Å². The minimum absolute atomic E-state index is 0.135. The van der Waals surface area contributed by atoms with Crippen molar-refractivity contribution in [3.63, 3.8) is 0 Å². The summed E-state index contributed by atoms with van der Waals surface area (Å²) in [6.07, 6.45) is 1.78. The van der Waals surface area contributed by atoms with Gasteiger partial charge in [0.15, 0.2) is 23.0 Å². The molecule has 1 fully saturated rings. The van der Waals surface area contributed by atoms with Gasteiger partial charge >= 0.3 is 0 Å². The van der Waals surface area contributed by atoms with Crippen LogP contribution in [0.3, 0.4) is 0 Å². The van der Waals surface area contributed by atoms with Crippen LogP contribution in [0.1, 0.15) is 11.1 Å². The Hall–Kier alpha value is -3.72. The number of fused-ring (bicyclic) bond motifs is 2. The fourth-order valence-electron chi connectivity index (χ4n) is 3.47. The fraction of sp³-hybridized carbons (Fsp3) is 0.273. The van der Waals surface area contributed by atoms with Gasteiger partial charge in [0.1, 0.15) is 5.70 Å². The van der Waals surface area contributed by atoms with Gasteiger partial charge in [0.25, 0.3) is 5.91 Å². The van der Waals surface area contributed by atoms with E-state index in [0.717, 1.165) is 22.6 Å². The number of carbonyl (C=O) groups is 1. The molecule has 0 atom stereocenters. The van der Waals surface area contributed by atoms with Gasteiger partial charge in [-0.25, -0.2) is 0 Å². The molecule has 0 aliphatic carbocycles. The van der Waals surface area contributed by atoms with Crippen LogP contribution >= 0.6 is 0 Å². The molecule has 0 unspecified atom stereocenters. The molecule has 31 heavy (non-hydrogen) atoms. The third-order valence-corrected chi connectivity index (χ3v) is 5.12. The summed E-state index contributed by atoms with van der Waals surface area (Å²) in [5.74, 6) is 3.33. The molecule has 0 spiro atoms. The summed E-state index contributed by atoms with van der Waals surface area (Å²) in [7, 11) is 1.70. The molecule has 5 rings (SSSR count). The number of nitrogens with zero attached hydrogens (tertiary/aromatic N) is 2. The minimum Gasteiger partial charge on any atom is -0.454 e. The average molecular weight is 422 g/mol. The van der Waals surface area contributed by atoms with Gasteiger partial charge in [0.05, 0.1) is 6.54 Å². The number of aliphatic imine (C=N–C) groups is 1. The molecule has 0 aromatic heterocycles. The number of amides is 1. The summed E-state index contributed by atoms with van der Waals surface area (Å²) in [5, 5.41) is 6.44. The second-order valence-corrected chi connectivity index (χ2v) is 7.23. The smallest absolute Gasteiger partial charge is 0.276 e. The van der Waals surface area contributed by atoms with Crippen LogP contribution in [-0.4, -0.2) is 50.5 Å². The third-order valence-electron chi connectivity index (χ3n) is 5.12. The predicted octanol–water partition coefficient (Wildman–Crippen LogP) is 1.69. The molecule has 9 nitrogen and oxygen atoms in total. The van der Waals surface area contributed by atoms with E-state index in [9.17, 15) is 4.79 Å². The average Bonchev–Trinajstić information content (AvgIpc) is 3.49. The molecule has 3 aliphatic heterocycles. The van der Waals surface area contributed by atoms with Crippen LogP contribution in [0, 0.1) is 0 Å². The SMILES string of the molecule is CN1C(=O)/C(=C/c2ccc3c(c2)OCO3)NC1=NCCNCc1ccc2c(c1)OCO2. The molecule has 0 bridgehead atoms. The number of ether oxygens (including phenoxy) is 4. The molecule has 2 N–H and O–H groups in total. The molecular formula is C22H22N4O5. The van der Waals surface area contributed by atoms with Crippen molar-refractivity contribution in [2.45, 2.75) is 6.54 Å².